The Balaban J connectivity index is 1.81. The molecule has 3 aromatic rings. The van der Waals surface area contributed by atoms with Crippen molar-refractivity contribution in [3.63, 3.8) is 0 Å². The quantitative estimate of drug-likeness (QED) is 0.798. The molecule has 0 amide bonds. The van der Waals surface area contributed by atoms with Gasteiger partial charge in [0.15, 0.2) is 5.65 Å². The maximum atomic E-state index is 4.68. The molecule has 0 unspecified atom stereocenters. The Kier molecular flexibility index (Phi) is 3.48. The number of pyridine rings is 1. The zero-order chi connectivity index (χ0) is 16.8. The summed E-state index contributed by atoms with van der Waals surface area (Å²) in [5.74, 6) is 2.23. The number of aryl methyl sites for hydroxylation is 4. The van der Waals surface area contributed by atoms with E-state index in [1.165, 1.54) is 18.4 Å². The average Bonchev–Trinajstić information content (AvgIpc) is 3.33. The van der Waals surface area contributed by atoms with Crippen molar-refractivity contribution >= 4 is 16.9 Å². The number of aromatic nitrogens is 5. The lowest BCUT2D eigenvalue weighted by molar-refractivity contribution is 0.650. The van der Waals surface area contributed by atoms with Crippen molar-refractivity contribution in [2.45, 2.75) is 39.7 Å². The second-order valence-electron chi connectivity index (χ2n) is 6.69. The number of nitrogens with zero attached hydrogens (tertiary/aromatic N) is 5. The zero-order valence-electron chi connectivity index (χ0n) is 14.5. The van der Waals surface area contributed by atoms with E-state index in [4.69, 9.17) is 0 Å². The second kappa shape index (κ2) is 5.54. The molecule has 6 heteroatoms. The van der Waals surface area contributed by atoms with Crippen molar-refractivity contribution in [3.05, 3.63) is 41.1 Å². The van der Waals surface area contributed by atoms with Crippen LogP contribution in [0.2, 0.25) is 0 Å². The lowest BCUT2D eigenvalue weighted by Gasteiger charge is -2.21. The van der Waals surface area contributed by atoms with Crippen LogP contribution < -0.4 is 5.32 Å². The van der Waals surface area contributed by atoms with Crippen molar-refractivity contribution in [2.24, 2.45) is 13.0 Å². The van der Waals surface area contributed by atoms with E-state index in [1.54, 1.807) is 0 Å². The number of rotatable bonds is 4. The standard InChI is InChI=1S/C18H22N6/c1-10-6-5-9-19-15(10)16(13-7-8-13)22-17-14-11(2)23-24(4)18(14)21-12(3)20-17/h5-6,9,13,16H,7-8H2,1-4H3,(H,20,21,22)/t16-/m1/s1. The number of hydrogen-bond acceptors (Lipinski definition) is 5. The largest absolute Gasteiger partial charge is 0.361 e. The smallest absolute Gasteiger partial charge is 0.163 e. The number of anilines is 1. The van der Waals surface area contributed by atoms with Gasteiger partial charge in [0.25, 0.3) is 0 Å². The molecular weight excluding hydrogens is 300 g/mol. The van der Waals surface area contributed by atoms with E-state index in [0.717, 1.165) is 34.1 Å². The van der Waals surface area contributed by atoms with Gasteiger partial charge in [0.2, 0.25) is 0 Å². The predicted molar refractivity (Wildman–Crippen MR) is 93.8 cm³/mol. The summed E-state index contributed by atoms with van der Waals surface area (Å²) in [5, 5.41) is 9.18. The third-order valence-corrected chi connectivity index (χ3v) is 4.70. The maximum absolute atomic E-state index is 4.68. The minimum absolute atomic E-state index is 0.184. The third-order valence-electron chi connectivity index (χ3n) is 4.70. The maximum Gasteiger partial charge on any atom is 0.163 e. The molecule has 1 aliphatic carbocycles. The Morgan fingerprint density at radius 2 is 2.00 bits per heavy atom. The van der Waals surface area contributed by atoms with Crippen LogP contribution in [0.25, 0.3) is 11.0 Å². The summed E-state index contributed by atoms with van der Waals surface area (Å²) >= 11 is 0. The highest BCUT2D eigenvalue weighted by molar-refractivity contribution is 5.89. The van der Waals surface area contributed by atoms with E-state index in [0.29, 0.717) is 5.92 Å². The summed E-state index contributed by atoms with van der Waals surface area (Å²) in [7, 11) is 1.92. The van der Waals surface area contributed by atoms with Crippen LogP contribution in [0.5, 0.6) is 0 Å². The molecule has 0 aliphatic heterocycles. The Morgan fingerprint density at radius 1 is 1.21 bits per heavy atom. The van der Waals surface area contributed by atoms with Gasteiger partial charge in [0.1, 0.15) is 11.6 Å². The molecule has 1 atom stereocenters. The van der Waals surface area contributed by atoms with Crippen LogP contribution >= 0.6 is 0 Å². The fourth-order valence-corrected chi connectivity index (χ4v) is 3.36. The molecule has 0 radical (unpaired) electrons. The molecule has 0 spiro atoms. The predicted octanol–water partition coefficient (Wildman–Crippen LogP) is 3.25. The SMILES string of the molecule is Cc1nc(N[C@@H](c2ncccc2C)C2CC2)c2c(C)nn(C)c2n1. The minimum atomic E-state index is 0.184. The molecule has 24 heavy (non-hydrogen) atoms. The van der Waals surface area contributed by atoms with E-state index in [1.807, 2.05) is 37.8 Å². The fraction of sp³-hybridized carbons (Fsp3) is 0.444. The fourth-order valence-electron chi connectivity index (χ4n) is 3.36. The third kappa shape index (κ3) is 2.52. The summed E-state index contributed by atoms with van der Waals surface area (Å²) < 4.78 is 1.82. The second-order valence-corrected chi connectivity index (χ2v) is 6.69. The first-order valence-corrected chi connectivity index (χ1v) is 8.40. The van der Waals surface area contributed by atoms with Gasteiger partial charge in [-0.25, -0.2) is 9.97 Å². The van der Waals surface area contributed by atoms with Crippen molar-refractivity contribution < 1.29 is 0 Å². The minimum Gasteiger partial charge on any atom is -0.361 e. The number of hydrogen-bond donors (Lipinski definition) is 1. The Bertz CT molecular complexity index is 909. The number of nitrogens with one attached hydrogen (secondary N) is 1. The van der Waals surface area contributed by atoms with Crippen LogP contribution in [-0.4, -0.2) is 24.7 Å². The normalized spacial score (nSPS) is 15.7. The Labute approximate surface area is 141 Å². The highest BCUT2D eigenvalue weighted by atomic mass is 15.3. The molecule has 6 nitrogen and oxygen atoms in total. The summed E-state index contributed by atoms with van der Waals surface area (Å²) in [6.07, 6.45) is 4.33. The topological polar surface area (TPSA) is 68.5 Å². The monoisotopic (exact) mass is 322 g/mol. The van der Waals surface area contributed by atoms with E-state index >= 15 is 0 Å². The number of fused-ring (bicyclic) bond motifs is 1. The van der Waals surface area contributed by atoms with Gasteiger partial charge in [-0.2, -0.15) is 5.10 Å². The zero-order valence-corrected chi connectivity index (χ0v) is 14.5. The molecule has 0 aromatic carbocycles. The molecule has 0 saturated heterocycles. The summed E-state index contributed by atoms with van der Waals surface area (Å²) in [6.45, 7) is 6.05. The van der Waals surface area contributed by atoms with E-state index < -0.39 is 0 Å². The van der Waals surface area contributed by atoms with E-state index in [2.05, 4.69) is 38.4 Å². The first kappa shape index (κ1) is 15.1. The highest BCUT2D eigenvalue weighted by Gasteiger charge is 2.35. The van der Waals surface area contributed by atoms with Gasteiger partial charge in [0, 0.05) is 13.2 Å². The van der Waals surface area contributed by atoms with Crippen molar-refractivity contribution in [2.75, 3.05) is 5.32 Å². The summed E-state index contributed by atoms with van der Waals surface area (Å²) in [5.41, 5.74) is 4.15. The highest BCUT2D eigenvalue weighted by Crippen LogP contribution is 2.43. The molecule has 1 aliphatic rings. The molecule has 0 bridgehead atoms. The average molecular weight is 322 g/mol. The lowest BCUT2D eigenvalue weighted by Crippen LogP contribution is -2.17. The van der Waals surface area contributed by atoms with Gasteiger partial charge >= 0.3 is 0 Å². The molecule has 3 heterocycles. The van der Waals surface area contributed by atoms with Gasteiger partial charge in [-0.1, -0.05) is 6.07 Å². The summed E-state index contributed by atoms with van der Waals surface area (Å²) in [6, 6.07) is 4.29. The van der Waals surface area contributed by atoms with Crippen molar-refractivity contribution in [1.82, 2.24) is 24.7 Å². The lowest BCUT2D eigenvalue weighted by atomic mass is 10.0. The van der Waals surface area contributed by atoms with Gasteiger partial charge in [0.05, 0.1) is 22.8 Å². The molecule has 1 N–H and O–H groups in total. The molecule has 4 rings (SSSR count). The van der Waals surface area contributed by atoms with E-state index in [-0.39, 0.29) is 6.04 Å². The Morgan fingerprint density at radius 3 is 2.71 bits per heavy atom. The van der Waals surface area contributed by atoms with Gasteiger partial charge < -0.3 is 5.32 Å². The first-order chi connectivity index (χ1) is 11.5. The van der Waals surface area contributed by atoms with Crippen LogP contribution in [0, 0.1) is 26.7 Å². The molecule has 124 valence electrons. The van der Waals surface area contributed by atoms with Crippen LogP contribution in [0.15, 0.2) is 18.3 Å². The molecule has 1 saturated carbocycles. The van der Waals surface area contributed by atoms with Crippen LogP contribution in [0.1, 0.15) is 41.7 Å². The molecule has 1 fully saturated rings. The van der Waals surface area contributed by atoms with Crippen LogP contribution in [0.4, 0.5) is 5.82 Å². The van der Waals surface area contributed by atoms with Crippen LogP contribution in [-0.2, 0) is 7.05 Å². The van der Waals surface area contributed by atoms with Gasteiger partial charge in [-0.15, -0.1) is 0 Å². The van der Waals surface area contributed by atoms with Gasteiger partial charge in [-0.05, 0) is 51.2 Å². The molecule has 3 aromatic heterocycles. The van der Waals surface area contributed by atoms with Crippen molar-refractivity contribution in [3.8, 4) is 0 Å². The molecular formula is C18H22N6. The van der Waals surface area contributed by atoms with Gasteiger partial charge in [-0.3, -0.25) is 9.67 Å². The first-order valence-electron chi connectivity index (χ1n) is 8.40. The van der Waals surface area contributed by atoms with Crippen molar-refractivity contribution in [1.29, 1.82) is 0 Å². The van der Waals surface area contributed by atoms with Crippen LogP contribution in [0.3, 0.4) is 0 Å². The Hall–Kier alpha value is -2.50. The van der Waals surface area contributed by atoms with E-state index in [9.17, 15) is 0 Å². The summed E-state index contributed by atoms with van der Waals surface area (Å²) in [4.78, 5) is 13.9.